The SMILES string of the molecule is CCCC[C](=[Ni])N=O. The van der Waals surface area contributed by atoms with Crippen molar-refractivity contribution in [3.63, 3.8) is 0 Å². The molecule has 0 rings (SSSR count). The monoisotopic (exact) mass is 157 g/mol. The first-order chi connectivity index (χ1) is 3.81. The van der Waals surface area contributed by atoms with E-state index < -0.39 is 0 Å². The first kappa shape index (κ1) is 7.96. The fraction of sp³-hybridized carbons (Fsp3) is 0.800. The van der Waals surface area contributed by atoms with Gasteiger partial charge in [-0.1, -0.05) is 0 Å². The van der Waals surface area contributed by atoms with E-state index >= 15 is 0 Å². The summed E-state index contributed by atoms with van der Waals surface area (Å²) in [5, 5.41) is 2.63. The Labute approximate surface area is 56.6 Å². The Balaban J connectivity index is 3.11. The van der Waals surface area contributed by atoms with Gasteiger partial charge in [-0.15, -0.1) is 0 Å². The summed E-state index contributed by atoms with van der Waals surface area (Å²) >= 11 is 4.26. The number of nitrogens with zero attached hydrogens (tertiary/aromatic N) is 1. The molecule has 0 N–H and O–H groups in total. The molecular formula is C5H9NNiO. The van der Waals surface area contributed by atoms with Gasteiger partial charge in [0.1, 0.15) is 0 Å². The summed E-state index contributed by atoms with van der Waals surface area (Å²) in [5.74, 6) is 0. The molecule has 0 spiro atoms. The molecule has 0 saturated heterocycles. The first-order valence-electron chi connectivity index (χ1n) is 2.62. The van der Waals surface area contributed by atoms with E-state index in [4.69, 9.17) is 0 Å². The van der Waals surface area contributed by atoms with Gasteiger partial charge in [-0.05, 0) is 0 Å². The van der Waals surface area contributed by atoms with Crippen molar-refractivity contribution in [3.8, 4) is 0 Å². The first-order valence-corrected chi connectivity index (χ1v) is 3.12. The van der Waals surface area contributed by atoms with Crippen molar-refractivity contribution >= 4 is 4.61 Å². The molecule has 0 amide bonds. The Bertz CT molecular complexity index is 92.4. The zero-order valence-electron chi connectivity index (χ0n) is 4.79. The van der Waals surface area contributed by atoms with Gasteiger partial charge in [0.25, 0.3) is 0 Å². The molecule has 0 heterocycles. The minimum absolute atomic E-state index is 0.340. The van der Waals surface area contributed by atoms with Crippen LogP contribution in [-0.4, -0.2) is 4.61 Å². The van der Waals surface area contributed by atoms with Gasteiger partial charge in [0, 0.05) is 0 Å². The van der Waals surface area contributed by atoms with Crippen molar-refractivity contribution in [2.45, 2.75) is 26.2 Å². The number of hydrogen-bond donors (Lipinski definition) is 0. The van der Waals surface area contributed by atoms with Crippen LogP contribution in [0.2, 0.25) is 0 Å². The molecule has 2 nitrogen and oxygen atoms in total. The molecule has 0 aromatic carbocycles. The average molecular weight is 158 g/mol. The molecular weight excluding hydrogens is 149 g/mol. The quantitative estimate of drug-likeness (QED) is 0.451. The normalized spacial score (nSPS) is 8.88. The van der Waals surface area contributed by atoms with Crippen LogP contribution >= 0.6 is 0 Å². The molecule has 0 bridgehead atoms. The Hall–Kier alpha value is -0.0365. The molecule has 50 valence electrons. The second-order valence-corrected chi connectivity index (χ2v) is 2.11. The Morgan fingerprint density at radius 1 is 1.75 bits per heavy atom. The molecule has 0 aromatic rings. The van der Waals surface area contributed by atoms with Crippen molar-refractivity contribution in [2.24, 2.45) is 5.18 Å². The maximum absolute atomic E-state index is 9.63. The van der Waals surface area contributed by atoms with E-state index in [1.807, 2.05) is 0 Å². The Kier molecular flexibility index (Phi) is 5.08. The van der Waals surface area contributed by atoms with E-state index in [0.717, 1.165) is 12.8 Å². The summed E-state index contributed by atoms with van der Waals surface area (Å²) < 4.78 is 0.340. The van der Waals surface area contributed by atoms with E-state index in [9.17, 15) is 4.91 Å². The summed E-state index contributed by atoms with van der Waals surface area (Å²) in [6.45, 7) is 2.05. The van der Waals surface area contributed by atoms with Crippen LogP contribution < -0.4 is 0 Å². The predicted molar refractivity (Wildman–Crippen MR) is 30.3 cm³/mol. The molecule has 0 aliphatic rings. The third-order valence-corrected chi connectivity index (χ3v) is 1.15. The number of rotatable bonds is 4. The van der Waals surface area contributed by atoms with Crippen LogP contribution in [0.4, 0.5) is 0 Å². The van der Waals surface area contributed by atoms with Gasteiger partial charge in [-0.2, -0.15) is 0 Å². The minimum atomic E-state index is 0.340. The predicted octanol–water partition coefficient (Wildman–Crippen LogP) is 1.62. The van der Waals surface area contributed by atoms with Crippen molar-refractivity contribution in [3.05, 3.63) is 4.91 Å². The Morgan fingerprint density at radius 2 is 2.38 bits per heavy atom. The van der Waals surface area contributed by atoms with E-state index in [2.05, 4.69) is 27.1 Å². The van der Waals surface area contributed by atoms with Crippen molar-refractivity contribution < 1.29 is 15.0 Å². The van der Waals surface area contributed by atoms with Crippen LogP contribution in [0.25, 0.3) is 0 Å². The van der Waals surface area contributed by atoms with E-state index in [-0.39, 0.29) is 0 Å². The van der Waals surface area contributed by atoms with Crippen LogP contribution in [0.3, 0.4) is 0 Å². The van der Waals surface area contributed by atoms with Crippen molar-refractivity contribution in [2.75, 3.05) is 0 Å². The van der Waals surface area contributed by atoms with Gasteiger partial charge < -0.3 is 0 Å². The van der Waals surface area contributed by atoms with E-state index in [0.29, 0.717) is 11.0 Å². The summed E-state index contributed by atoms with van der Waals surface area (Å²) in [4.78, 5) is 9.63. The zero-order valence-corrected chi connectivity index (χ0v) is 5.78. The third kappa shape index (κ3) is 4.13. The molecule has 0 unspecified atom stereocenters. The Morgan fingerprint density at radius 3 is 2.75 bits per heavy atom. The second-order valence-electron chi connectivity index (χ2n) is 1.54. The maximum atomic E-state index is 9.63. The van der Waals surface area contributed by atoms with E-state index in [1.165, 1.54) is 0 Å². The van der Waals surface area contributed by atoms with E-state index in [1.54, 1.807) is 0 Å². The summed E-state index contributed by atoms with van der Waals surface area (Å²) in [6.07, 6.45) is 2.75. The van der Waals surface area contributed by atoms with Crippen molar-refractivity contribution in [1.82, 2.24) is 0 Å². The second kappa shape index (κ2) is 5.11. The molecule has 0 atom stereocenters. The molecule has 0 aliphatic carbocycles. The number of unbranched alkanes of at least 4 members (excludes halogenated alkanes) is 1. The fourth-order valence-electron chi connectivity index (χ4n) is 0.357. The van der Waals surface area contributed by atoms with Gasteiger partial charge in [0.2, 0.25) is 0 Å². The fourth-order valence-corrected chi connectivity index (χ4v) is 0.532. The van der Waals surface area contributed by atoms with Gasteiger partial charge >= 0.3 is 55.9 Å². The summed E-state index contributed by atoms with van der Waals surface area (Å²) in [6, 6.07) is 0. The summed E-state index contributed by atoms with van der Waals surface area (Å²) in [5.41, 5.74) is 0. The molecule has 0 radical (unpaired) electrons. The van der Waals surface area contributed by atoms with Crippen LogP contribution in [0.5, 0.6) is 0 Å². The number of hydrogen-bond acceptors (Lipinski definition) is 2. The van der Waals surface area contributed by atoms with Gasteiger partial charge in [-0.25, -0.2) is 0 Å². The van der Waals surface area contributed by atoms with Crippen LogP contribution in [-0.2, 0) is 15.0 Å². The molecule has 0 aromatic heterocycles. The topological polar surface area (TPSA) is 29.4 Å². The molecule has 0 fully saturated rings. The molecule has 8 heavy (non-hydrogen) atoms. The molecule has 0 saturated carbocycles. The van der Waals surface area contributed by atoms with Crippen molar-refractivity contribution in [1.29, 1.82) is 0 Å². The zero-order chi connectivity index (χ0) is 6.41. The molecule has 0 aliphatic heterocycles. The third-order valence-electron chi connectivity index (χ3n) is 0.815. The van der Waals surface area contributed by atoms with Crippen LogP contribution in [0.1, 0.15) is 26.2 Å². The standard InChI is InChI=1S/C5H9NO.Ni/c1-2-3-4-5-6-7;/h2-4H2,1H3;. The molecule has 3 heteroatoms. The summed E-state index contributed by atoms with van der Waals surface area (Å²) in [7, 11) is 0. The number of nitroso groups, excluding NO2 is 1. The average Bonchev–Trinajstić information content (AvgIpc) is 1.83. The van der Waals surface area contributed by atoms with Gasteiger partial charge in [0.15, 0.2) is 0 Å². The van der Waals surface area contributed by atoms with Crippen LogP contribution in [0, 0.1) is 4.91 Å². The van der Waals surface area contributed by atoms with Gasteiger partial charge in [0.05, 0.1) is 0 Å². The van der Waals surface area contributed by atoms with Crippen LogP contribution in [0.15, 0.2) is 5.18 Å². The van der Waals surface area contributed by atoms with Gasteiger partial charge in [-0.3, -0.25) is 0 Å².